The fourth-order valence-corrected chi connectivity index (χ4v) is 2.62. The number of carboxylic acids is 1. The second-order valence-electron chi connectivity index (χ2n) is 5.07. The van der Waals surface area contributed by atoms with Crippen LogP contribution in [0.1, 0.15) is 35.3 Å². The topological polar surface area (TPSA) is 66.6 Å². The quantitative estimate of drug-likeness (QED) is 0.880. The first-order valence-electron chi connectivity index (χ1n) is 6.67. The van der Waals surface area contributed by atoms with Crippen molar-refractivity contribution in [3.05, 3.63) is 35.8 Å². The van der Waals surface area contributed by atoms with Crippen LogP contribution in [-0.2, 0) is 6.42 Å². The highest BCUT2D eigenvalue weighted by Crippen LogP contribution is 2.14. The number of fused-ring (bicyclic) bond motifs is 1. The molecule has 0 amide bonds. The minimum Gasteiger partial charge on any atom is -0.478 e. The molecule has 5 nitrogen and oxygen atoms in total. The number of nitrogens with one attached hydrogen (secondary N) is 1. The second-order valence-corrected chi connectivity index (χ2v) is 5.07. The lowest BCUT2D eigenvalue weighted by molar-refractivity contribution is 0.0696. The predicted octanol–water partition coefficient (Wildman–Crippen LogP) is 1.72. The number of aromatic carboxylic acids is 1. The summed E-state index contributed by atoms with van der Waals surface area (Å²) in [7, 11) is 0. The highest BCUT2D eigenvalue weighted by atomic mass is 16.4. The lowest BCUT2D eigenvalue weighted by Gasteiger charge is -2.22. The average molecular weight is 259 g/mol. The average Bonchev–Trinajstić information content (AvgIpc) is 2.80. The Kier molecular flexibility index (Phi) is 3.21. The van der Waals surface area contributed by atoms with Crippen LogP contribution < -0.4 is 5.32 Å². The molecule has 100 valence electrons. The summed E-state index contributed by atoms with van der Waals surface area (Å²) in [5, 5.41) is 12.5. The Hall–Kier alpha value is -1.88. The van der Waals surface area contributed by atoms with Gasteiger partial charge in [0.25, 0.3) is 0 Å². The zero-order valence-electron chi connectivity index (χ0n) is 10.7. The monoisotopic (exact) mass is 259 g/mol. The van der Waals surface area contributed by atoms with E-state index in [-0.39, 0.29) is 5.56 Å². The molecule has 1 saturated heterocycles. The van der Waals surface area contributed by atoms with Crippen molar-refractivity contribution >= 4 is 11.6 Å². The molecule has 0 aromatic carbocycles. The molecule has 1 atom stereocenters. The van der Waals surface area contributed by atoms with Gasteiger partial charge in [-0.2, -0.15) is 0 Å². The summed E-state index contributed by atoms with van der Waals surface area (Å²) < 4.78 is 1.79. The van der Waals surface area contributed by atoms with Crippen LogP contribution in [0, 0.1) is 0 Å². The molecule has 1 unspecified atom stereocenters. The number of carbonyl (C=O) groups is 1. The number of rotatable bonds is 3. The first kappa shape index (κ1) is 12.2. The summed E-state index contributed by atoms with van der Waals surface area (Å²) in [5.41, 5.74) is 2.10. The number of hydrogen-bond donors (Lipinski definition) is 2. The number of piperidine rings is 1. The largest absolute Gasteiger partial charge is 0.478 e. The van der Waals surface area contributed by atoms with Crippen molar-refractivity contribution in [2.75, 3.05) is 6.54 Å². The maximum Gasteiger partial charge on any atom is 0.337 e. The van der Waals surface area contributed by atoms with Gasteiger partial charge in [-0.05, 0) is 31.5 Å². The smallest absolute Gasteiger partial charge is 0.337 e. The SMILES string of the molecule is O=C(O)c1ccc2nc(CC3CCCCN3)cn2c1. The number of nitrogens with zero attached hydrogens (tertiary/aromatic N) is 2. The van der Waals surface area contributed by atoms with Gasteiger partial charge in [-0.15, -0.1) is 0 Å². The van der Waals surface area contributed by atoms with Crippen molar-refractivity contribution in [1.29, 1.82) is 0 Å². The molecule has 3 rings (SSSR count). The summed E-state index contributed by atoms with van der Waals surface area (Å²) in [6.45, 7) is 1.08. The first-order valence-corrected chi connectivity index (χ1v) is 6.67. The Morgan fingerprint density at radius 2 is 2.32 bits per heavy atom. The maximum atomic E-state index is 10.9. The highest BCUT2D eigenvalue weighted by Gasteiger charge is 2.15. The Labute approximate surface area is 111 Å². The molecule has 2 aromatic heterocycles. The molecule has 2 aromatic rings. The van der Waals surface area contributed by atoms with Gasteiger partial charge in [0.15, 0.2) is 0 Å². The summed E-state index contributed by atoms with van der Waals surface area (Å²) in [6, 6.07) is 3.84. The molecule has 0 radical (unpaired) electrons. The normalized spacial score (nSPS) is 19.7. The van der Waals surface area contributed by atoms with Crippen molar-refractivity contribution in [3.8, 4) is 0 Å². The van der Waals surface area contributed by atoms with E-state index in [9.17, 15) is 4.79 Å². The molecule has 1 aliphatic rings. The highest BCUT2D eigenvalue weighted by molar-refractivity contribution is 5.87. The predicted molar refractivity (Wildman–Crippen MR) is 71.5 cm³/mol. The van der Waals surface area contributed by atoms with Gasteiger partial charge in [-0.1, -0.05) is 6.42 Å². The third-order valence-corrected chi connectivity index (χ3v) is 3.62. The molecule has 0 aliphatic carbocycles. The van der Waals surface area contributed by atoms with Gasteiger partial charge in [0.2, 0.25) is 0 Å². The van der Waals surface area contributed by atoms with Crippen LogP contribution in [0.3, 0.4) is 0 Å². The van der Waals surface area contributed by atoms with Gasteiger partial charge in [0.05, 0.1) is 11.3 Å². The summed E-state index contributed by atoms with van der Waals surface area (Å²) >= 11 is 0. The van der Waals surface area contributed by atoms with E-state index in [1.54, 1.807) is 22.7 Å². The number of pyridine rings is 1. The fourth-order valence-electron chi connectivity index (χ4n) is 2.62. The lowest BCUT2D eigenvalue weighted by atomic mass is 10.0. The molecule has 5 heteroatoms. The number of aromatic nitrogens is 2. The Morgan fingerprint density at radius 1 is 1.42 bits per heavy atom. The Balaban J connectivity index is 1.82. The van der Waals surface area contributed by atoms with Gasteiger partial charge in [0.1, 0.15) is 5.65 Å². The third-order valence-electron chi connectivity index (χ3n) is 3.62. The lowest BCUT2D eigenvalue weighted by Crippen LogP contribution is -2.35. The van der Waals surface area contributed by atoms with Crippen LogP contribution in [0.4, 0.5) is 0 Å². The summed E-state index contributed by atoms with van der Waals surface area (Å²) in [6.07, 6.45) is 8.16. The Morgan fingerprint density at radius 3 is 3.05 bits per heavy atom. The van der Waals surface area contributed by atoms with E-state index in [0.717, 1.165) is 24.3 Å². The van der Waals surface area contributed by atoms with E-state index in [0.29, 0.717) is 6.04 Å². The van der Waals surface area contributed by atoms with E-state index in [2.05, 4.69) is 10.3 Å². The molecular weight excluding hydrogens is 242 g/mol. The van der Waals surface area contributed by atoms with Crippen molar-refractivity contribution in [1.82, 2.24) is 14.7 Å². The van der Waals surface area contributed by atoms with E-state index < -0.39 is 5.97 Å². The zero-order valence-corrected chi connectivity index (χ0v) is 10.7. The molecule has 0 bridgehead atoms. The molecule has 1 fully saturated rings. The molecule has 0 saturated carbocycles. The van der Waals surface area contributed by atoms with Crippen LogP contribution in [-0.4, -0.2) is 33.0 Å². The third kappa shape index (κ3) is 2.61. The van der Waals surface area contributed by atoms with Crippen molar-refractivity contribution in [2.45, 2.75) is 31.7 Å². The van der Waals surface area contributed by atoms with E-state index in [4.69, 9.17) is 5.11 Å². The van der Waals surface area contributed by atoms with Crippen molar-refractivity contribution < 1.29 is 9.90 Å². The molecule has 2 N–H and O–H groups in total. The second kappa shape index (κ2) is 5.01. The number of carboxylic acid groups (broad SMARTS) is 1. The van der Waals surface area contributed by atoms with Crippen molar-refractivity contribution in [3.63, 3.8) is 0 Å². The van der Waals surface area contributed by atoms with Gasteiger partial charge in [-0.3, -0.25) is 0 Å². The molecule has 1 aliphatic heterocycles. The van der Waals surface area contributed by atoms with Crippen LogP contribution in [0.25, 0.3) is 5.65 Å². The minimum atomic E-state index is -0.911. The molecule has 19 heavy (non-hydrogen) atoms. The van der Waals surface area contributed by atoms with Crippen molar-refractivity contribution in [2.24, 2.45) is 0 Å². The van der Waals surface area contributed by atoms with Crippen LogP contribution in [0.15, 0.2) is 24.5 Å². The zero-order chi connectivity index (χ0) is 13.2. The first-order chi connectivity index (χ1) is 9.22. The summed E-state index contributed by atoms with van der Waals surface area (Å²) in [5.74, 6) is -0.911. The van der Waals surface area contributed by atoms with Crippen LogP contribution >= 0.6 is 0 Å². The standard InChI is InChI=1S/C14H17N3O2/c18-14(19)10-4-5-13-16-12(9-17(13)8-10)7-11-3-1-2-6-15-11/h4-5,8-9,11,15H,1-3,6-7H2,(H,18,19). The van der Waals surface area contributed by atoms with E-state index in [1.165, 1.54) is 19.3 Å². The number of imidazole rings is 1. The molecule has 0 spiro atoms. The van der Waals surface area contributed by atoms with Crippen LogP contribution in [0.5, 0.6) is 0 Å². The molecule has 3 heterocycles. The molecular formula is C14H17N3O2. The fraction of sp³-hybridized carbons (Fsp3) is 0.429. The number of hydrogen-bond acceptors (Lipinski definition) is 3. The minimum absolute atomic E-state index is 0.284. The van der Waals surface area contributed by atoms with Gasteiger partial charge in [0, 0.05) is 24.9 Å². The maximum absolute atomic E-state index is 10.9. The van der Waals surface area contributed by atoms with Gasteiger partial charge in [-0.25, -0.2) is 9.78 Å². The van der Waals surface area contributed by atoms with E-state index in [1.807, 2.05) is 6.20 Å². The van der Waals surface area contributed by atoms with Crippen LogP contribution in [0.2, 0.25) is 0 Å². The van der Waals surface area contributed by atoms with E-state index >= 15 is 0 Å². The van der Waals surface area contributed by atoms with Gasteiger partial charge >= 0.3 is 5.97 Å². The summed E-state index contributed by atoms with van der Waals surface area (Å²) in [4.78, 5) is 15.5. The van der Waals surface area contributed by atoms with Gasteiger partial charge < -0.3 is 14.8 Å². The Bertz CT molecular complexity index is 600.